The molecule has 0 spiro atoms. The fourth-order valence-corrected chi connectivity index (χ4v) is 1.98. The highest BCUT2D eigenvalue weighted by molar-refractivity contribution is 5.82. The van der Waals surface area contributed by atoms with E-state index in [-0.39, 0.29) is 18.2 Å². The molecule has 0 saturated heterocycles. The molecule has 0 amide bonds. The summed E-state index contributed by atoms with van der Waals surface area (Å²) < 4.78 is 5.13. The van der Waals surface area contributed by atoms with Gasteiger partial charge < -0.3 is 4.74 Å². The van der Waals surface area contributed by atoms with E-state index >= 15 is 0 Å². The first-order valence-corrected chi connectivity index (χ1v) is 8.42. The first kappa shape index (κ1) is 20.6. The molecule has 0 aromatic heterocycles. The first-order valence-electron chi connectivity index (χ1n) is 8.42. The fourth-order valence-electron chi connectivity index (χ4n) is 1.98. The molecule has 0 bridgehead atoms. The summed E-state index contributed by atoms with van der Waals surface area (Å²) in [4.78, 5) is 23.1. The smallest absolute Gasteiger partial charge is 0.306 e. The normalized spacial score (nSPS) is 11.2. The molecule has 22 heavy (non-hydrogen) atoms. The molecule has 0 aliphatic heterocycles. The summed E-state index contributed by atoms with van der Waals surface area (Å²) in [6.07, 6.45) is 10.4. The molecule has 0 heterocycles. The maximum atomic E-state index is 11.6. The number of unbranched alkanes of at least 4 members (excludes halogenated alkanes) is 2. The van der Waals surface area contributed by atoms with E-state index in [0.29, 0.717) is 19.4 Å². The molecular formula is C19H32O3. The van der Waals surface area contributed by atoms with Crippen molar-refractivity contribution in [2.45, 2.75) is 79.1 Å². The molecule has 0 aromatic rings. The molecule has 0 fully saturated rings. The summed E-state index contributed by atoms with van der Waals surface area (Å²) in [5.41, 5.74) is 2.55. The van der Waals surface area contributed by atoms with Gasteiger partial charge in [-0.2, -0.15) is 0 Å². The molecule has 0 saturated carbocycles. The van der Waals surface area contributed by atoms with E-state index in [1.54, 1.807) is 0 Å². The summed E-state index contributed by atoms with van der Waals surface area (Å²) in [5.74, 6) is -0.115. The molecule has 0 aliphatic carbocycles. The summed E-state index contributed by atoms with van der Waals surface area (Å²) in [7, 11) is 0. The van der Waals surface area contributed by atoms with Crippen LogP contribution in [0.25, 0.3) is 0 Å². The third-order valence-electron chi connectivity index (χ3n) is 3.43. The second-order valence-electron chi connectivity index (χ2n) is 6.05. The van der Waals surface area contributed by atoms with E-state index in [1.807, 2.05) is 13.0 Å². The second-order valence-corrected chi connectivity index (χ2v) is 6.05. The van der Waals surface area contributed by atoms with E-state index in [4.69, 9.17) is 4.74 Å². The van der Waals surface area contributed by atoms with Gasteiger partial charge in [0, 0.05) is 12.8 Å². The van der Waals surface area contributed by atoms with Crippen LogP contribution in [0.4, 0.5) is 0 Å². The third kappa shape index (κ3) is 13.6. The number of rotatable bonds is 12. The Labute approximate surface area is 135 Å². The number of carbonyl (C=O) groups is 2. The number of carbonyl (C=O) groups excluding carboxylic acids is 2. The predicted octanol–water partition coefficient (Wildman–Crippen LogP) is 5.15. The van der Waals surface area contributed by atoms with Crippen molar-refractivity contribution in [3.05, 3.63) is 23.3 Å². The molecule has 0 unspecified atom stereocenters. The van der Waals surface area contributed by atoms with Gasteiger partial charge in [-0.05, 0) is 46.1 Å². The van der Waals surface area contributed by atoms with Crippen LogP contribution in [0.3, 0.4) is 0 Å². The number of hydrogen-bond donors (Lipinski definition) is 0. The molecule has 126 valence electrons. The van der Waals surface area contributed by atoms with Gasteiger partial charge in [0.1, 0.15) is 12.4 Å². The van der Waals surface area contributed by atoms with Crippen molar-refractivity contribution < 1.29 is 14.3 Å². The predicted molar refractivity (Wildman–Crippen MR) is 91.8 cm³/mol. The lowest BCUT2D eigenvalue weighted by molar-refractivity contribution is -0.143. The van der Waals surface area contributed by atoms with Crippen LogP contribution in [0.1, 0.15) is 79.1 Å². The van der Waals surface area contributed by atoms with E-state index in [9.17, 15) is 9.59 Å². The number of esters is 1. The Bertz CT molecular complexity index is 387. The molecule has 0 radical (unpaired) electrons. The van der Waals surface area contributed by atoms with E-state index in [0.717, 1.165) is 32.1 Å². The van der Waals surface area contributed by atoms with Gasteiger partial charge >= 0.3 is 5.97 Å². The van der Waals surface area contributed by atoms with Gasteiger partial charge in [0.05, 0.1) is 6.42 Å². The SMILES string of the molecule is CCCCCC(=O)CCC(=O)OC/C=C(\C)CCC=C(C)C. The average molecular weight is 308 g/mol. The standard InChI is InChI=1S/C19H32O3/c1-5-6-7-11-18(20)12-13-19(21)22-15-14-17(4)10-8-9-16(2)3/h9,14H,5-8,10-13,15H2,1-4H3/b17-14+. The topological polar surface area (TPSA) is 43.4 Å². The number of Topliss-reactive ketones (excluding diaryl/α,β-unsaturated/α-hetero) is 1. The van der Waals surface area contributed by atoms with Crippen LogP contribution in [-0.4, -0.2) is 18.4 Å². The van der Waals surface area contributed by atoms with Gasteiger partial charge in [0.15, 0.2) is 0 Å². The van der Waals surface area contributed by atoms with Crippen molar-refractivity contribution in [1.82, 2.24) is 0 Å². The van der Waals surface area contributed by atoms with Crippen LogP contribution in [-0.2, 0) is 14.3 Å². The molecule has 0 rings (SSSR count). The lowest BCUT2D eigenvalue weighted by atomic mass is 10.1. The van der Waals surface area contributed by atoms with Gasteiger partial charge in [0.25, 0.3) is 0 Å². The highest BCUT2D eigenvalue weighted by atomic mass is 16.5. The second kappa shape index (κ2) is 13.3. The molecule has 0 atom stereocenters. The Morgan fingerprint density at radius 3 is 2.27 bits per heavy atom. The Balaban J connectivity index is 3.76. The molecule has 3 nitrogen and oxygen atoms in total. The van der Waals surface area contributed by atoms with Gasteiger partial charge in [-0.25, -0.2) is 0 Å². The van der Waals surface area contributed by atoms with Crippen LogP contribution in [0.15, 0.2) is 23.3 Å². The largest absolute Gasteiger partial charge is 0.461 e. The third-order valence-corrected chi connectivity index (χ3v) is 3.43. The van der Waals surface area contributed by atoms with Gasteiger partial charge in [-0.1, -0.05) is 37.0 Å². The van der Waals surface area contributed by atoms with Crippen LogP contribution >= 0.6 is 0 Å². The Kier molecular flexibility index (Phi) is 12.5. The van der Waals surface area contributed by atoms with Crippen LogP contribution in [0, 0.1) is 0 Å². The van der Waals surface area contributed by atoms with Gasteiger partial charge in [-0.15, -0.1) is 0 Å². The summed E-state index contributed by atoms with van der Waals surface area (Å²) in [6, 6.07) is 0. The Hall–Kier alpha value is -1.38. The molecule has 0 aliphatic rings. The van der Waals surface area contributed by atoms with E-state index in [1.165, 1.54) is 11.1 Å². The summed E-state index contributed by atoms with van der Waals surface area (Å²) >= 11 is 0. The van der Waals surface area contributed by atoms with Crippen molar-refractivity contribution in [3.8, 4) is 0 Å². The Morgan fingerprint density at radius 2 is 1.64 bits per heavy atom. The monoisotopic (exact) mass is 308 g/mol. The Morgan fingerprint density at radius 1 is 0.909 bits per heavy atom. The molecular weight excluding hydrogens is 276 g/mol. The van der Waals surface area contributed by atoms with Gasteiger partial charge in [-0.3, -0.25) is 9.59 Å². The zero-order valence-electron chi connectivity index (χ0n) is 14.7. The summed E-state index contributed by atoms with van der Waals surface area (Å²) in [5, 5.41) is 0. The molecule has 0 N–H and O–H groups in total. The number of hydrogen-bond acceptors (Lipinski definition) is 3. The van der Waals surface area contributed by atoms with E-state index < -0.39 is 0 Å². The number of ether oxygens (including phenoxy) is 1. The minimum atomic E-state index is -0.280. The van der Waals surface area contributed by atoms with E-state index in [2.05, 4.69) is 26.8 Å². The fraction of sp³-hybridized carbons (Fsp3) is 0.684. The lowest BCUT2D eigenvalue weighted by Gasteiger charge is -2.03. The minimum Gasteiger partial charge on any atom is -0.461 e. The minimum absolute atomic E-state index is 0.166. The van der Waals surface area contributed by atoms with Crippen LogP contribution in [0.5, 0.6) is 0 Å². The zero-order valence-corrected chi connectivity index (χ0v) is 14.7. The quantitative estimate of drug-likeness (QED) is 0.284. The molecule has 0 aromatic carbocycles. The maximum absolute atomic E-state index is 11.6. The number of ketones is 1. The average Bonchev–Trinajstić information content (AvgIpc) is 2.45. The van der Waals surface area contributed by atoms with Gasteiger partial charge in [0.2, 0.25) is 0 Å². The zero-order chi connectivity index (χ0) is 16.8. The van der Waals surface area contributed by atoms with Crippen LogP contribution in [0.2, 0.25) is 0 Å². The maximum Gasteiger partial charge on any atom is 0.306 e. The van der Waals surface area contributed by atoms with Crippen molar-refractivity contribution in [3.63, 3.8) is 0 Å². The molecule has 3 heteroatoms. The first-order chi connectivity index (χ1) is 10.5. The summed E-state index contributed by atoms with van der Waals surface area (Å²) in [6.45, 7) is 8.64. The van der Waals surface area contributed by atoms with Crippen LogP contribution < -0.4 is 0 Å². The highest BCUT2D eigenvalue weighted by Crippen LogP contribution is 2.07. The van der Waals surface area contributed by atoms with Crippen molar-refractivity contribution >= 4 is 11.8 Å². The van der Waals surface area contributed by atoms with Crippen molar-refractivity contribution in [2.75, 3.05) is 6.61 Å². The number of allylic oxidation sites excluding steroid dienone is 3. The lowest BCUT2D eigenvalue weighted by Crippen LogP contribution is -2.08. The highest BCUT2D eigenvalue weighted by Gasteiger charge is 2.07. The van der Waals surface area contributed by atoms with Crippen molar-refractivity contribution in [1.29, 1.82) is 0 Å². The van der Waals surface area contributed by atoms with Crippen molar-refractivity contribution in [2.24, 2.45) is 0 Å².